The molecule has 0 amide bonds. The molecular weight excluding hydrogens is 398 g/mol. The Balaban J connectivity index is 1.88. The predicted octanol–water partition coefficient (Wildman–Crippen LogP) is 4.39. The van der Waals surface area contributed by atoms with E-state index in [1.807, 2.05) is 6.07 Å². The molecule has 0 aliphatic carbocycles. The van der Waals surface area contributed by atoms with Crippen molar-refractivity contribution >= 4 is 44.0 Å². The number of nitrogens with two attached hydrogens (primary N) is 1. The first kappa shape index (κ1) is 14.9. The zero-order valence-corrected chi connectivity index (χ0v) is 14.1. The molecular formula is C16H14FIN2S. The highest BCUT2D eigenvalue weighted by Gasteiger charge is 2.14. The first-order valence-corrected chi connectivity index (χ1v) is 8.45. The highest BCUT2D eigenvalue weighted by Crippen LogP contribution is 2.31. The van der Waals surface area contributed by atoms with Gasteiger partial charge in [0.2, 0.25) is 0 Å². The Morgan fingerprint density at radius 3 is 2.62 bits per heavy atom. The van der Waals surface area contributed by atoms with Gasteiger partial charge in [-0.15, -0.1) is 11.3 Å². The van der Waals surface area contributed by atoms with Crippen LogP contribution in [0.1, 0.15) is 16.5 Å². The number of hydrazine groups is 1. The molecule has 1 heterocycles. The highest BCUT2D eigenvalue weighted by molar-refractivity contribution is 14.1. The van der Waals surface area contributed by atoms with Crippen LogP contribution in [-0.2, 0) is 6.42 Å². The molecule has 0 saturated carbocycles. The maximum absolute atomic E-state index is 13.3. The number of rotatable bonds is 4. The van der Waals surface area contributed by atoms with Crippen LogP contribution in [-0.4, -0.2) is 0 Å². The molecule has 3 rings (SSSR count). The van der Waals surface area contributed by atoms with Crippen molar-refractivity contribution in [2.24, 2.45) is 5.84 Å². The highest BCUT2D eigenvalue weighted by atomic mass is 127. The van der Waals surface area contributed by atoms with Crippen LogP contribution in [0.5, 0.6) is 0 Å². The van der Waals surface area contributed by atoms with Gasteiger partial charge in [-0.1, -0.05) is 18.2 Å². The number of thiophene rings is 1. The maximum Gasteiger partial charge on any atom is 0.124 e. The molecule has 1 unspecified atom stereocenters. The zero-order chi connectivity index (χ0) is 14.8. The molecule has 0 saturated heterocycles. The molecule has 0 bridgehead atoms. The van der Waals surface area contributed by atoms with E-state index in [2.05, 4.69) is 58.3 Å². The fourth-order valence-corrected chi connectivity index (χ4v) is 3.80. The van der Waals surface area contributed by atoms with Gasteiger partial charge >= 0.3 is 0 Å². The molecule has 0 fully saturated rings. The van der Waals surface area contributed by atoms with Crippen LogP contribution in [0.15, 0.2) is 48.5 Å². The van der Waals surface area contributed by atoms with Gasteiger partial charge in [0.15, 0.2) is 0 Å². The smallest absolute Gasteiger partial charge is 0.124 e. The summed E-state index contributed by atoms with van der Waals surface area (Å²) in [6.07, 6.45) is 0.808. The van der Waals surface area contributed by atoms with Gasteiger partial charge in [-0.3, -0.25) is 11.3 Å². The lowest BCUT2D eigenvalue weighted by molar-refractivity contribution is 0.561. The van der Waals surface area contributed by atoms with Gasteiger partial charge in [0.25, 0.3) is 0 Å². The molecule has 2 aromatic carbocycles. The third-order valence-electron chi connectivity index (χ3n) is 3.40. The summed E-state index contributed by atoms with van der Waals surface area (Å²) in [4.78, 5) is 1.12. The van der Waals surface area contributed by atoms with Crippen LogP contribution in [0.2, 0.25) is 0 Å². The van der Waals surface area contributed by atoms with Gasteiger partial charge in [0.05, 0.1) is 6.04 Å². The van der Waals surface area contributed by atoms with E-state index in [4.69, 9.17) is 5.84 Å². The third-order valence-corrected chi connectivity index (χ3v) is 5.33. The summed E-state index contributed by atoms with van der Waals surface area (Å²) in [6.45, 7) is 0. The molecule has 1 aromatic heterocycles. The number of benzene rings is 2. The minimum absolute atomic E-state index is 0.0329. The Hall–Kier alpha value is -1.02. The lowest BCUT2D eigenvalue weighted by atomic mass is 10.0. The van der Waals surface area contributed by atoms with Crippen molar-refractivity contribution in [1.82, 2.24) is 5.43 Å². The minimum atomic E-state index is -0.203. The van der Waals surface area contributed by atoms with Gasteiger partial charge in [0, 0.05) is 13.1 Å². The summed E-state index contributed by atoms with van der Waals surface area (Å²) in [7, 11) is 0. The van der Waals surface area contributed by atoms with Crippen molar-refractivity contribution in [1.29, 1.82) is 0 Å². The summed E-state index contributed by atoms with van der Waals surface area (Å²) < 4.78 is 15.4. The second-order valence-corrected chi connectivity index (χ2v) is 7.24. The van der Waals surface area contributed by atoms with Crippen LogP contribution in [0, 0.1) is 9.39 Å². The monoisotopic (exact) mass is 412 g/mol. The van der Waals surface area contributed by atoms with Crippen LogP contribution in [0.25, 0.3) is 10.1 Å². The Kier molecular flexibility index (Phi) is 4.54. The normalized spacial score (nSPS) is 12.7. The summed E-state index contributed by atoms with van der Waals surface area (Å²) in [5, 5.41) is 1.05. The lowest BCUT2D eigenvalue weighted by Crippen LogP contribution is -2.28. The molecule has 2 nitrogen and oxygen atoms in total. The summed E-state index contributed by atoms with van der Waals surface area (Å²) >= 11 is 3.87. The lowest BCUT2D eigenvalue weighted by Gasteiger charge is -2.14. The van der Waals surface area contributed by atoms with Crippen LogP contribution >= 0.6 is 33.9 Å². The third kappa shape index (κ3) is 3.42. The fraction of sp³-hybridized carbons (Fsp3) is 0.125. The molecule has 0 radical (unpaired) electrons. The van der Waals surface area contributed by atoms with Gasteiger partial charge in [0.1, 0.15) is 5.82 Å². The average Bonchev–Trinajstić information content (AvgIpc) is 2.89. The molecule has 0 aliphatic rings. The van der Waals surface area contributed by atoms with Crippen molar-refractivity contribution in [3.63, 3.8) is 0 Å². The van der Waals surface area contributed by atoms with Crippen molar-refractivity contribution < 1.29 is 4.39 Å². The molecule has 1 atom stereocenters. The second-order valence-electron chi connectivity index (χ2n) is 4.88. The topological polar surface area (TPSA) is 38.0 Å². The Morgan fingerprint density at radius 2 is 1.90 bits per heavy atom. The van der Waals surface area contributed by atoms with E-state index in [1.54, 1.807) is 17.4 Å². The first-order chi connectivity index (χ1) is 10.2. The Bertz CT molecular complexity index is 755. The number of halogens is 2. The van der Waals surface area contributed by atoms with E-state index in [9.17, 15) is 4.39 Å². The van der Waals surface area contributed by atoms with E-state index in [-0.39, 0.29) is 11.9 Å². The predicted molar refractivity (Wildman–Crippen MR) is 94.7 cm³/mol. The SMILES string of the molecule is NNC(Cc1ccc(I)cc1)c1cc2ccc(F)cc2s1. The number of hydrogen-bond acceptors (Lipinski definition) is 3. The Morgan fingerprint density at radius 1 is 1.14 bits per heavy atom. The number of hydrogen-bond donors (Lipinski definition) is 2. The van der Waals surface area contributed by atoms with Crippen molar-refractivity contribution in [2.75, 3.05) is 0 Å². The zero-order valence-electron chi connectivity index (χ0n) is 11.1. The van der Waals surface area contributed by atoms with Crippen molar-refractivity contribution in [2.45, 2.75) is 12.5 Å². The van der Waals surface area contributed by atoms with Crippen molar-refractivity contribution in [3.8, 4) is 0 Å². The average molecular weight is 412 g/mol. The van der Waals surface area contributed by atoms with Crippen molar-refractivity contribution in [3.05, 3.63) is 68.4 Å². The van der Waals surface area contributed by atoms with Crippen LogP contribution in [0.4, 0.5) is 4.39 Å². The van der Waals surface area contributed by atoms with Crippen LogP contribution < -0.4 is 11.3 Å². The molecule has 5 heteroatoms. The molecule has 3 aromatic rings. The number of nitrogens with one attached hydrogen (secondary N) is 1. The van der Waals surface area contributed by atoms with Gasteiger partial charge in [-0.2, -0.15) is 0 Å². The van der Waals surface area contributed by atoms with E-state index in [1.165, 1.54) is 15.2 Å². The molecule has 3 N–H and O–H groups in total. The van der Waals surface area contributed by atoms with E-state index < -0.39 is 0 Å². The maximum atomic E-state index is 13.3. The van der Waals surface area contributed by atoms with Gasteiger partial charge in [-0.25, -0.2) is 4.39 Å². The minimum Gasteiger partial charge on any atom is -0.271 e. The van der Waals surface area contributed by atoms with Gasteiger partial charge in [-0.05, 0) is 70.3 Å². The Labute approximate surface area is 140 Å². The number of fused-ring (bicyclic) bond motifs is 1. The summed E-state index contributed by atoms with van der Waals surface area (Å²) in [6, 6.07) is 15.4. The second kappa shape index (κ2) is 6.39. The largest absolute Gasteiger partial charge is 0.271 e. The standard InChI is InChI=1S/C16H14FIN2S/c17-12-4-3-11-8-16(21-15(11)9-12)14(20-19)7-10-1-5-13(18)6-2-10/h1-6,8-9,14,20H,7,19H2. The molecule has 21 heavy (non-hydrogen) atoms. The molecule has 0 aliphatic heterocycles. The molecule has 0 spiro atoms. The van der Waals surface area contributed by atoms with E-state index >= 15 is 0 Å². The molecule has 108 valence electrons. The summed E-state index contributed by atoms with van der Waals surface area (Å²) in [5.74, 6) is 5.51. The summed E-state index contributed by atoms with van der Waals surface area (Å²) in [5.41, 5.74) is 4.10. The van der Waals surface area contributed by atoms with Crippen LogP contribution in [0.3, 0.4) is 0 Å². The fourth-order valence-electron chi connectivity index (χ4n) is 2.30. The quantitative estimate of drug-likeness (QED) is 0.379. The first-order valence-electron chi connectivity index (χ1n) is 6.55. The van der Waals surface area contributed by atoms with E-state index in [0.29, 0.717) is 0 Å². The van der Waals surface area contributed by atoms with E-state index in [0.717, 1.165) is 21.4 Å². The van der Waals surface area contributed by atoms with Gasteiger partial charge < -0.3 is 0 Å².